The summed E-state index contributed by atoms with van der Waals surface area (Å²) < 4.78 is 2.78. The SMILES string of the molecule is Cc1ccc2c(c1)Cc1ccc3sc4ccccc4c3c1C2c1ccccc1. The first-order valence-electron chi connectivity index (χ1n) is 9.87. The second-order valence-corrected chi connectivity index (χ2v) is 8.92. The van der Waals surface area contributed by atoms with E-state index in [0.29, 0.717) is 5.92 Å². The molecule has 1 aliphatic carbocycles. The van der Waals surface area contributed by atoms with Crippen molar-refractivity contribution in [1.82, 2.24) is 0 Å². The molecule has 1 heterocycles. The predicted molar refractivity (Wildman–Crippen MR) is 121 cm³/mol. The van der Waals surface area contributed by atoms with E-state index in [4.69, 9.17) is 0 Å². The van der Waals surface area contributed by atoms with Gasteiger partial charge in [0.05, 0.1) is 0 Å². The van der Waals surface area contributed by atoms with Crippen LogP contribution in [0.5, 0.6) is 0 Å². The lowest BCUT2D eigenvalue weighted by molar-refractivity contribution is 0.895. The lowest BCUT2D eigenvalue weighted by Crippen LogP contribution is -2.15. The van der Waals surface area contributed by atoms with Gasteiger partial charge in [-0.3, -0.25) is 0 Å². The first-order chi connectivity index (χ1) is 13.8. The van der Waals surface area contributed by atoms with Gasteiger partial charge < -0.3 is 0 Å². The molecule has 1 aromatic heterocycles. The highest BCUT2D eigenvalue weighted by Crippen LogP contribution is 2.47. The van der Waals surface area contributed by atoms with E-state index in [1.54, 1.807) is 0 Å². The van der Waals surface area contributed by atoms with Gasteiger partial charge in [0, 0.05) is 26.1 Å². The smallest absolute Gasteiger partial charge is 0.0358 e. The molecule has 0 spiro atoms. The summed E-state index contributed by atoms with van der Waals surface area (Å²) in [6.07, 6.45) is 1.02. The van der Waals surface area contributed by atoms with Gasteiger partial charge in [-0.25, -0.2) is 0 Å². The molecule has 0 saturated carbocycles. The molecule has 0 saturated heterocycles. The Morgan fingerprint density at radius 1 is 0.750 bits per heavy atom. The van der Waals surface area contributed by atoms with Gasteiger partial charge in [-0.2, -0.15) is 0 Å². The summed E-state index contributed by atoms with van der Waals surface area (Å²) in [5.41, 5.74) is 8.65. The molecule has 0 nitrogen and oxygen atoms in total. The van der Waals surface area contributed by atoms with Crippen LogP contribution in [0.15, 0.2) is 84.9 Å². The lowest BCUT2D eigenvalue weighted by atomic mass is 9.73. The van der Waals surface area contributed by atoms with Gasteiger partial charge >= 0.3 is 0 Å². The molecule has 1 aliphatic rings. The third-order valence-corrected chi connectivity index (χ3v) is 7.22. The van der Waals surface area contributed by atoms with E-state index in [-0.39, 0.29) is 0 Å². The van der Waals surface area contributed by atoms with E-state index in [0.717, 1.165) is 6.42 Å². The molecule has 28 heavy (non-hydrogen) atoms. The minimum Gasteiger partial charge on any atom is -0.135 e. The van der Waals surface area contributed by atoms with Crippen LogP contribution in [0.2, 0.25) is 0 Å². The van der Waals surface area contributed by atoms with Gasteiger partial charge in [-0.05, 0) is 53.3 Å². The summed E-state index contributed by atoms with van der Waals surface area (Å²) in [6.45, 7) is 2.20. The highest BCUT2D eigenvalue weighted by molar-refractivity contribution is 7.25. The molecule has 4 aromatic carbocycles. The fraction of sp³-hybridized carbons (Fsp3) is 0.111. The predicted octanol–water partition coefficient (Wildman–Crippen LogP) is 7.45. The van der Waals surface area contributed by atoms with E-state index in [2.05, 4.69) is 91.9 Å². The molecule has 5 aromatic rings. The molecule has 0 amide bonds. The molecule has 1 atom stereocenters. The number of fused-ring (bicyclic) bond motifs is 6. The van der Waals surface area contributed by atoms with Crippen molar-refractivity contribution in [2.75, 3.05) is 0 Å². The molecule has 0 N–H and O–H groups in total. The molecule has 134 valence electrons. The van der Waals surface area contributed by atoms with Gasteiger partial charge in [0.1, 0.15) is 0 Å². The van der Waals surface area contributed by atoms with Crippen LogP contribution in [0, 0.1) is 6.92 Å². The van der Waals surface area contributed by atoms with Crippen LogP contribution >= 0.6 is 11.3 Å². The van der Waals surface area contributed by atoms with E-state index in [1.807, 2.05) is 11.3 Å². The first-order valence-corrected chi connectivity index (χ1v) is 10.7. The summed E-state index contributed by atoms with van der Waals surface area (Å²) in [5, 5.41) is 2.86. The van der Waals surface area contributed by atoms with Gasteiger partial charge in [0.2, 0.25) is 0 Å². The zero-order chi connectivity index (χ0) is 18.7. The van der Waals surface area contributed by atoms with Crippen molar-refractivity contribution in [3.05, 3.63) is 118 Å². The third kappa shape index (κ3) is 2.30. The maximum absolute atomic E-state index is 2.38. The highest BCUT2D eigenvalue weighted by Gasteiger charge is 2.29. The molecule has 1 heteroatoms. The van der Waals surface area contributed by atoms with Crippen molar-refractivity contribution in [2.24, 2.45) is 0 Å². The molecule has 0 bridgehead atoms. The summed E-state index contributed by atoms with van der Waals surface area (Å²) >= 11 is 1.92. The van der Waals surface area contributed by atoms with E-state index < -0.39 is 0 Å². The summed E-state index contributed by atoms with van der Waals surface area (Å²) in [4.78, 5) is 0. The Hall–Kier alpha value is -2.90. The van der Waals surface area contributed by atoms with Crippen molar-refractivity contribution >= 4 is 31.5 Å². The minimum absolute atomic E-state index is 0.294. The summed E-state index contributed by atoms with van der Waals surface area (Å²) in [7, 11) is 0. The molecular formula is C27H20S. The fourth-order valence-electron chi connectivity index (χ4n) is 4.89. The topological polar surface area (TPSA) is 0 Å². The molecule has 1 unspecified atom stereocenters. The van der Waals surface area contributed by atoms with E-state index in [9.17, 15) is 0 Å². The maximum atomic E-state index is 2.38. The Morgan fingerprint density at radius 3 is 2.46 bits per heavy atom. The summed E-state index contributed by atoms with van der Waals surface area (Å²) in [5.74, 6) is 0.294. The highest BCUT2D eigenvalue weighted by atomic mass is 32.1. The van der Waals surface area contributed by atoms with Crippen LogP contribution in [0.4, 0.5) is 0 Å². The largest absolute Gasteiger partial charge is 0.135 e. The lowest BCUT2D eigenvalue weighted by Gasteiger charge is -2.30. The van der Waals surface area contributed by atoms with Crippen molar-refractivity contribution in [3.63, 3.8) is 0 Å². The minimum atomic E-state index is 0.294. The first kappa shape index (κ1) is 16.1. The van der Waals surface area contributed by atoms with Gasteiger partial charge in [0.25, 0.3) is 0 Å². The van der Waals surface area contributed by atoms with E-state index >= 15 is 0 Å². The monoisotopic (exact) mass is 376 g/mol. The van der Waals surface area contributed by atoms with Crippen molar-refractivity contribution in [1.29, 1.82) is 0 Å². The van der Waals surface area contributed by atoms with Gasteiger partial charge in [-0.15, -0.1) is 11.3 Å². The Labute approximate surface area is 169 Å². The van der Waals surface area contributed by atoms with Crippen LogP contribution in [-0.4, -0.2) is 0 Å². The van der Waals surface area contributed by atoms with Crippen LogP contribution in [0.25, 0.3) is 20.2 Å². The molecular weight excluding hydrogens is 356 g/mol. The zero-order valence-electron chi connectivity index (χ0n) is 15.8. The average molecular weight is 377 g/mol. The number of hydrogen-bond donors (Lipinski definition) is 0. The second kappa shape index (κ2) is 6.05. The normalized spacial score (nSPS) is 15.5. The van der Waals surface area contributed by atoms with Gasteiger partial charge in [-0.1, -0.05) is 78.4 Å². The van der Waals surface area contributed by atoms with Crippen LogP contribution in [-0.2, 0) is 6.42 Å². The number of rotatable bonds is 1. The van der Waals surface area contributed by atoms with E-state index in [1.165, 1.54) is 53.6 Å². The van der Waals surface area contributed by atoms with Crippen molar-refractivity contribution < 1.29 is 0 Å². The molecule has 0 fully saturated rings. The zero-order valence-corrected chi connectivity index (χ0v) is 16.6. The number of thiophene rings is 1. The third-order valence-electron chi connectivity index (χ3n) is 6.09. The van der Waals surface area contributed by atoms with Crippen LogP contribution < -0.4 is 0 Å². The molecule has 6 rings (SSSR count). The average Bonchev–Trinajstić information content (AvgIpc) is 3.11. The number of benzene rings is 4. The van der Waals surface area contributed by atoms with Crippen LogP contribution in [0.3, 0.4) is 0 Å². The second-order valence-electron chi connectivity index (χ2n) is 7.83. The molecule has 0 aliphatic heterocycles. The van der Waals surface area contributed by atoms with Crippen molar-refractivity contribution in [2.45, 2.75) is 19.3 Å². The Balaban J connectivity index is 1.75. The Morgan fingerprint density at radius 2 is 1.57 bits per heavy atom. The Bertz CT molecular complexity index is 1340. The number of hydrogen-bond acceptors (Lipinski definition) is 1. The van der Waals surface area contributed by atoms with Gasteiger partial charge in [0.15, 0.2) is 0 Å². The maximum Gasteiger partial charge on any atom is 0.0358 e. The van der Waals surface area contributed by atoms with Crippen LogP contribution in [0.1, 0.15) is 39.3 Å². The fourth-order valence-corrected chi connectivity index (χ4v) is 6.01. The van der Waals surface area contributed by atoms with Crippen molar-refractivity contribution in [3.8, 4) is 0 Å². The number of aryl methyl sites for hydroxylation is 1. The quantitative estimate of drug-likeness (QED) is 0.279. The molecule has 0 radical (unpaired) electrons. The standard InChI is InChI=1S/C27H20S/c1-17-11-13-21-20(15-17)16-19-12-14-24-27(22-9-5-6-10-23(22)28-24)26(19)25(21)18-7-3-2-4-8-18/h2-15,25H,16H2,1H3. The summed E-state index contributed by atoms with van der Waals surface area (Å²) in [6, 6.07) is 31.6. The Kier molecular flexibility index (Phi) is 3.48.